The van der Waals surface area contributed by atoms with Gasteiger partial charge in [0.2, 0.25) is 5.01 Å². The summed E-state index contributed by atoms with van der Waals surface area (Å²) in [6.45, 7) is 1.97. The first-order chi connectivity index (χ1) is 13.4. The van der Waals surface area contributed by atoms with Crippen molar-refractivity contribution in [1.29, 1.82) is 0 Å². The fraction of sp³-hybridized carbons (Fsp3) is 0.111. The molecule has 0 atom stereocenters. The Kier molecular flexibility index (Phi) is 6.17. The second-order valence-corrected chi connectivity index (χ2v) is 7.20. The van der Waals surface area contributed by atoms with Crippen molar-refractivity contribution in [3.05, 3.63) is 68.9 Å². The number of nitrogens with zero attached hydrogens (tertiary/aromatic N) is 2. The molecule has 28 heavy (non-hydrogen) atoms. The Labute approximate surface area is 168 Å². The van der Waals surface area contributed by atoms with Gasteiger partial charge in [-0.05, 0) is 48.9 Å². The van der Waals surface area contributed by atoms with Gasteiger partial charge in [-0.2, -0.15) is 0 Å². The van der Waals surface area contributed by atoms with Crippen molar-refractivity contribution in [2.75, 3.05) is 10.6 Å². The lowest BCUT2D eigenvalue weighted by molar-refractivity contribution is 0.102. The molecule has 0 saturated carbocycles. The fourth-order valence-corrected chi connectivity index (χ4v) is 2.99. The Balaban J connectivity index is 1.52. The van der Waals surface area contributed by atoms with E-state index in [4.69, 9.17) is 11.6 Å². The number of nitrogens with one attached hydrogen (secondary N) is 3. The van der Waals surface area contributed by atoms with Crippen LogP contribution in [0.3, 0.4) is 0 Å². The summed E-state index contributed by atoms with van der Waals surface area (Å²) in [6.07, 6.45) is 0. The number of carbonyl (C=O) groups excluding carboxylic acids is 2. The highest BCUT2D eigenvalue weighted by Crippen LogP contribution is 2.20. The number of aromatic nitrogens is 2. The smallest absolute Gasteiger partial charge is 0.319 e. The summed E-state index contributed by atoms with van der Waals surface area (Å²) in [5.74, 6) is -0.859. The molecule has 10 heteroatoms. The monoisotopic (exact) mass is 419 g/mol. The molecule has 0 unspecified atom stereocenters. The molecule has 1 aromatic heterocycles. The van der Waals surface area contributed by atoms with Crippen molar-refractivity contribution < 1.29 is 14.0 Å². The van der Waals surface area contributed by atoms with Crippen LogP contribution in [-0.2, 0) is 6.54 Å². The van der Waals surface area contributed by atoms with Crippen molar-refractivity contribution in [3.63, 3.8) is 0 Å². The summed E-state index contributed by atoms with van der Waals surface area (Å²) in [4.78, 5) is 24.1. The molecular formula is C18H15ClFN5O2S. The van der Waals surface area contributed by atoms with Gasteiger partial charge in [0, 0.05) is 16.4 Å². The molecule has 2 aromatic carbocycles. The van der Waals surface area contributed by atoms with Gasteiger partial charge in [0.25, 0.3) is 5.91 Å². The summed E-state index contributed by atoms with van der Waals surface area (Å²) < 4.78 is 12.9. The lowest BCUT2D eigenvalue weighted by Gasteiger charge is -2.07. The van der Waals surface area contributed by atoms with Crippen LogP contribution in [-0.4, -0.2) is 22.1 Å². The molecule has 3 aromatic rings. The number of urea groups is 1. The van der Waals surface area contributed by atoms with Crippen molar-refractivity contribution >= 4 is 46.3 Å². The number of anilines is 2. The fourth-order valence-electron chi connectivity index (χ4n) is 2.14. The molecule has 0 aliphatic heterocycles. The van der Waals surface area contributed by atoms with Gasteiger partial charge in [-0.25, -0.2) is 9.18 Å². The van der Waals surface area contributed by atoms with Gasteiger partial charge < -0.3 is 16.0 Å². The first-order valence-corrected chi connectivity index (χ1v) is 9.30. The van der Waals surface area contributed by atoms with Gasteiger partial charge in [-0.1, -0.05) is 29.0 Å². The van der Waals surface area contributed by atoms with E-state index in [2.05, 4.69) is 26.1 Å². The van der Waals surface area contributed by atoms with Crippen LogP contribution in [0.15, 0.2) is 42.5 Å². The molecule has 1 heterocycles. The first-order valence-electron chi connectivity index (χ1n) is 8.11. The Hall–Kier alpha value is -3.04. The third kappa shape index (κ3) is 5.24. The van der Waals surface area contributed by atoms with Crippen LogP contribution >= 0.6 is 22.9 Å². The van der Waals surface area contributed by atoms with Gasteiger partial charge >= 0.3 is 6.03 Å². The second kappa shape index (κ2) is 8.77. The number of halogens is 2. The van der Waals surface area contributed by atoms with E-state index in [1.165, 1.54) is 24.3 Å². The van der Waals surface area contributed by atoms with Crippen LogP contribution in [0, 0.1) is 12.7 Å². The van der Waals surface area contributed by atoms with Crippen molar-refractivity contribution in [2.24, 2.45) is 0 Å². The van der Waals surface area contributed by atoms with E-state index in [1.807, 2.05) is 6.92 Å². The predicted octanol–water partition coefficient (Wildman–Crippen LogP) is 4.21. The number of hydrogen-bond acceptors (Lipinski definition) is 5. The molecule has 0 bridgehead atoms. The minimum Gasteiger partial charge on any atom is -0.331 e. The Bertz CT molecular complexity index is 1010. The number of carbonyl (C=O) groups is 2. The van der Waals surface area contributed by atoms with E-state index in [0.717, 1.165) is 16.9 Å². The molecular weight excluding hydrogens is 405 g/mol. The second-order valence-electron chi connectivity index (χ2n) is 5.73. The zero-order valence-corrected chi connectivity index (χ0v) is 16.2. The molecule has 7 nitrogen and oxygen atoms in total. The zero-order valence-electron chi connectivity index (χ0n) is 14.6. The van der Waals surface area contributed by atoms with Crippen LogP contribution < -0.4 is 16.0 Å². The minimum absolute atomic E-state index is 0.104. The van der Waals surface area contributed by atoms with E-state index in [1.54, 1.807) is 18.2 Å². The number of rotatable bonds is 5. The van der Waals surface area contributed by atoms with E-state index in [0.29, 0.717) is 21.4 Å². The third-order valence-electron chi connectivity index (χ3n) is 3.59. The molecule has 0 radical (unpaired) electrons. The van der Waals surface area contributed by atoms with E-state index < -0.39 is 17.8 Å². The Morgan fingerprint density at radius 3 is 2.50 bits per heavy atom. The van der Waals surface area contributed by atoms with Crippen molar-refractivity contribution in [1.82, 2.24) is 15.5 Å². The SMILES string of the molecule is Cc1ccc(NC(=O)NCc2nnc(C(=O)Nc3ccc(F)cc3)s2)cc1Cl. The summed E-state index contributed by atoms with van der Waals surface area (Å²) in [7, 11) is 0. The molecule has 0 aliphatic carbocycles. The lowest BCUT2D eigenvalue weighted by atomic mass is 10.2. The van der Waals surface area contributed by atoms with Gasteiger partial charge in [0.1, 0.15) is 10.8 Å². The van der Waals surface area contributed by atoms with E-state index >= 15 is 0 Å². The van der Waals surface area contributed by atoms with E-state index in [-0.39, 0.29) is 11.6 Å². The average Bonchev–Trinajstić information content (AvgIpc) is 3.14. The highest BCUT2D eigenvalue weighted by molar-refractivity contribution is 7.13. The van der Waals surface area contributed by atoms with Crippen LogP contribution in [0.5, 0.6) is 0 Å². The molecule has 0 aliphatic rings. The molecule has 0 fully saturated rings. The van der Waals surface area contributed by atoms with Gasteiger partial charge in [-0.3, -0.25) is 4.79 Å². The summed E-state index contributed by atoms with van der Waals surface area (Å²) in [6, 6.07) is 10.1. The van der Waals surface area contributed by atoms with Gasteiger partial charge in [0.15, 0.2) is 0 Å². The maximum Gasteiger partial charge on any atom is 0.319 e. The summed E-state index contributed by atoms with van der Waals surface area (Å²) >= 11 is 7.07. The number of hydrogen-bond donors (Lipinski definition) is 3. The van der Waals surface area contributed by atoms with Crippen molar-refractivity contribution in [2.45, 2.75) is 13.5 Å². The molecule has 3 amide bonds. The van der Waals surface area contributed by atoms with Crippen LogP contribution in [0.25, 0.3) is 0 Å². The molecule has 3 rings (SSSR count). The van der Waals surface area contributed by atoms with Crippen LogP contribution in [0.1, 0.15) is 20.4 Å². The predicted molar refractivity (Wildman–Crippen MR) is 106 cm³/mol. The Morgan fingerprint density at radius 1 is 1.07 bits per heavy atom. The standard InChI is InChI=1S/C18H15ClFN5O2S/c1-10-2-5-13(8-14(10)19)23-18(27)21-9-15-24-25-17(28-15)16(26)22-12-6-3-11(20)4-7-12/h2-8H,9H2,1H3,(H,22,26)(H2,21,23,27). The average molecular weight is 420 g/mol. The normalized spacial score (nSPS) is 10.4. The van der Waals surface area contributed by atoms with Gasteiger partial charge in [0.05, 0.1) is 6.54 Å². The first kappa shape index (κ1) is 19.7. The highest BCUT2D eigenvalue weighted by Gasteiger charge is 2.14. The molecule has 144 valence electrons. The zero-order chi connectivity index (χ0) is 20.1. The van der Waals surface area contributed by atoms with Crippen LogP contribution in [0.2, 0.25) is 5.02 Å². The molecule has 3 N–H and O–H groups in total. The topological polar surface area (TPSA) is 96.0 Å². The third-order valence-corrected chi connectivity index (χ3v) is 4.92. The number of benzene rings is 2. The minimum atomic E-state index is -0.464. The van der Waals surface area contributed by atoms with Crippen molar-refractivity contribution in [3.8, 4) is 0 Å². The number of amides is 3. The van der Waals surface area contributed by atoms with Crippen LogP contribution in [0.4, 0.5) is 20.6 Å². The largest absolute Gasteiger partial charge is 0.331 e. The highest BCUT2D eigenvalue weighted by atomic mass is 35.5. The maximum absolute atomic E-state index is 12.9. The molecule has 0 saturated heterocycles. The molecule has 0 spiro atoms. The summed E-state index contributed by atoms with van der Waals surface area (Å²) in [5.41, 5.74) is 1.91. The van der Waals surface area contributed by atoms with Gasteiger partial charge in [-0.15, -0.1) is 10.2 Å². The summed E-state index contributed by atoms with van der Waals surface area (Å²) in [5, 5.41) is 16.7. The Morgan fingerprint density at radius 2 is 1.79 bits per heavy atom. The quantitative estimate of drug-likeness (QED) is 0.577. The maximum atomic E-state index is 12.9. The lowest BCUT2D eigenvalue weighted by Crippen LogP contribution is -2.28. The number of aryl methyl sites for hydroxylation is 1. The van der Waals surface area contributed by atoms with E-state index in [9.17, 15) is 14.0 Å².